The number of aryl methyl sites for hydroxylation is 1. The minimum Gasteiger partial charge on any atom is -0.142 e. The molecule has 0 aliphatic rings. The molecule has 0 aliphatic heterocycles. The highest BCUT2D eigenvalue weighted by Gasteiger charge is 2.06. The fourth-order valence-electron chi connectivity index (χ4n) is 1.24. The van der Waals surface area contributed by atoms with E-state index in [1.165, 1.54) is 15.6 Å². The molecule has 0 spiro atoms. The van der Waals surface area contributed by atoms with Crippen molar-refractivity contribution in [1.29, 1.82) is 0 Å². The third kappa shape index (κ3) is 1.20. The number of rotatable bonds is 0. The zero-order valence-electron chi connectivity index (χ0n) is 6.47. The molecular formula is C9H7BrS2. The first-order valence-corrected chi connectivity index (χ1v) is 5.67. The summed E-state index contributed by atoms with van der Waals surface area (Å²) in [5.74, 6) is 0. The summed E-state index contributed by atoms with van der Waals surface area (Å²) in [6.07, 6.45) is 0. The second kappa shape index (κ2) is 3.05. The Hall–Kier alpha value is 0.01000. The van der Waals surface area contributed by atoms with Crippen LogP contribution in [0, 0.1) is 6.92 Å². The van der Waals surface area contributed by atoms with Crippen molar-refractivity contribution in [2.24, 2.45) is 0 Å². The summed E-state index contributed by atoms with van der Waals surface area (Å²) in [4.78, 5) is 1.06. The standard InChI is InChI=1S/C9H7BrS2/c1-5-4-12-9-7(11)3-2-6(10)8(5)9/h2-4,11H,1H3. The Labute approximate surface area is 89.1 Å². The Kier molecular flexibility index (Phi) is 2.19. The summed E-state index contributed by atoms with van der Waals surface area (Å²) < 4.78 is 2.43. The highest BCUT2D eigenvalue weighted by atomic mass is 79.9. The predicted octanol–water partition coefficient (Wildman–Crippen LogP) is 4.26. The van der Waals surface area contributed by atoms with Gasteiger partial charge >= 0.3 is 0 Å². The molecule has 0 radical (unpaired) electrons. The van der Waals surface area contributed by atoms with Gasteiger partial charge in [0.05, 0.1) is 0 Å². The van der Waals surface area contributed by atoms with Gasteiger partial charge in [-0.25, -0.2) is 0 Å². The van der Waals surface area contributed by atoms with Crippen LogP contribution in [0.1, 0.15) is 5.56 Å². The van der Waals surface area contributed by atoms with E-state index in [2.05, 4.69) is 40.9 Å². The lowest BCUT2D eigenvalue weighted by atomic mass is 10.2. The number of benzene rings is 1. The molecular weight excluding hydrogens is 252 g/mol. The molecule has 2 aromatic rings. The van der Waals surface area contributed by atoms with Gasteiger partial charge in [0.25, 0.3) is 0 Å². The largest absolute Gasteiger partial charge is 0.142 e. The van der Waals surface area contributed by atoms with Gasteiger partial charge in [-0.15, -0.1) is 24.0 Å². The Morgan fingerprint density at radius 2 is 2.17 bits per heavy atom. The first-order chi connectivity index (χ1) is 5.70. The van der Waals surface area contributed by atoms with Crippen LogP contribution in [0.15, 0.2) is 26.9 Å². The lowest BCUT2D eigenvalue weighted by Gasteiger charge is -1.98. The number of fused-ring (bicyclic) bond motifs is 1. The molecule has 3 heteroatoms. The highest BCUT2D eigenvalue weighted by Crippen LogP contribution is 2.35. The van der Waals surface area contributed by atoms with Crippen molar-refractivity contribution >= 4 is 50.0 Å². The Bertz CT molecular complexity index is 431. The minimum atomic E-state index is 1.06. The van der Waals surface area contributed by atoms with Crippen LogP contribution in [0.3, 0.4) is 0 Å². The highest BCUT2D eigenvalue weighted by molar-refractivity contribution is 9.10. The van der Waals surface area contributed by atoms with Crippen LogP contribution in [0.5, 0.6) is 0 Å². The Morgan fingerprint density at radius 1 is 1.42 bits per heavy atom. The minimum absolute atomic E-state index is 1.06. The molecule has 0 bridgehead atoms. The van der Waals surface area contributed by atoms with Gasteiger partial charge in [0.2, 0.25) is 0 Å². The second-order valence-corrected chi connectivity index (χ2v) is 4.91. The molecule has 0 saturated heterocycles. The summed E-state index contributed by atoms with van der Waals surface area (Å²) in [5, 5.41) is 3.46. The topological polar surface area (TPSA) is 0 Å². The molecule has 0 unspecified atom stereocenters. The third-order valence-electron chi connectivity index (χ3n) is 1.83. The molecule has 0 N–H and O–H groups in total. The average molecular weight is 259 g/mol. The van der Waals surface area contributed by atoms with Crippen molar-refractivity contribution in [3.05, 3.63) is 27.5 Å². The molecule has 0 amide bonds. The summed E-state index contributed by atoms with van der Waals surface area (Å²) in [6.45, 7) is 2.12. The third-order valence-corrected chi connectivity index (χ3v) is 4.15. The SMILES string of the molecule is Cc1csc2c(S)ccc(Br)c12. The summed E-state index contributed by atoms with van der Waals surface area (Å²) >= 11 is 9.68. The van der Waals surface area contributed by atoms with E-state index in [0.29, 0.717) is 0 Å². The molecule has 1 aromatic carbocycles. The molecule has 1 heterocycles. The molecule has 0 saturated carbocycles. The van der Waals surface area contributed by atoms with E-state index in [1.807, 2.05) is 12.1 Å². The number of hydrogen-bond acceptors (Lipinski definition) is 2. The Balaban J connectivity index is 2.98. The summed E-state index contributed by atoms with van der Waals surface area (Å²) in [5.41, 5.74) is 1.32. The molecule has 0 aliphatic carbocycles. The van der Waals surface area contributed by atoms with Crippen LogP contribution in [0.4, 0.5) is 0 Å². The zero-order valence-corrected chi connectivity index (χ0v) is 9.76. The van der Waals surface area contributed by atoms with Crippen molar-refractivity contribution < 1.29 is 0 Å². The maximum atomic E-state index is 4.40. The number of hydrogen-bond donors (Lipinski definition) is 1. The molecule has 2 rings (SSSR count). The fourth-order valence-corrected chi connectivity index (χ4v) is 3.35. The smallest absolute Gasteiger partial charge is 0.0490 e. The molecule has 1 aromatic heterocycles. The first-order valence-electron chi connectivity index (χ1n) is 3.55. The number of thiophene rings is 1. The van der Waals surface area contributed by atoms with Crippen molar-refractivity contribution in [1.82, 2.24) is 0 Å². The van der Waals surface area contributed by atoms with Gasteiger partial charge in [0.15, 0.2) is 0 Å². The van der Waals surface area contributed by atoms with Gasteiger partial charge in [-0.1, -0.05) is 15.9 Å². The number of thiol groups is 1. The molecule has 0 nitrogen and oxygen atoms in total. The maximum absolute atomic E-state index is 4.40. The van der Waals surface area contributed by atoms with Crippen molar-refractivity contribution in [2.75, 3.05) is 0 Å². The van der Waals surface area contributed by atoms with Crippen LogP contribution >= 0.6 is 39.9 Å². The lowest BCUT2D eigenvalue weighted by Crippen LogP contribution is -1.72. The quantitative estimate of drug-likeness (QED) is 0.671. The van der Waals surface area contributed by atoms with E-state index in [4.69, 9.17) is 0 Å². The van der Waals surface area contributed by atoms with Crippen molar-refractivity contribution in [3.63, 3.8) is 0 Å². The average Bonchev–Trinajstić information content (AvgIpc) is 2.42. The van der Waals surface area contributed by atoms with Crippen LogP contribution in [-0.2, 0) is 0 Å². The van der Waals surface area contributed by atoms with Gasteiger partial charge in [-0.3, -0.25) is 0 Å². The monoisotopic (exact) mass is 258 g/mol. The van der Waals surface area contributed by atoms with E-state index in [9.17, 15) is 0 Å². The van der Waals surface area contributed by atoms with E-state index in [-0.39, 0.29) is 0 Å². The van der Waals surface area contributed by atoms with Gasteiger partial charge in [-0.05, 0) is 30.0 Å². The fraction of sp³-hybridized carbons (Fsp3) is 0.111. The van der Waals surface area contributed by atoms with E-state index < -0.39 is 0 Å². The van der Waals surface area contributed by atoms with E-state index >= 15 is 0 Å². The molecule has 0 fully saturated rings. The van der Waals surface area contributed by atoms with Crippen LogP contribution < -0.4 is 0 Å². The van der Waals surface area contributed by atoms with Crippen LogP contribution in [-0.4, -0.2) is 0 Å². The second-order valence-electron chi connectivity index (χ2n) is 2.69. The van der Waals surface area contributed by atoms with Gasteiger partial charge in [0, 0.05) is 19.5 Å². The Morgan fingerprint density at radius 3 is 2.83 bits per heavy atom. The predicted molar refractivity (Wildman–Crippen MR) is 61.5 cm³/mol. The summed E-state index contributed by atoms with van der Waals surface area (Å²) in [7, 11) is 0. The van der Waals surface area contributed by atoms with Crippen LogP contribution in [0.2, 0.25) is 0 Å². The first kappa shape index (κ1) is 8.60. The van der Waals surface area contributed by atoms with E-state index in [1.54, 1.807) is 11.3 Å². The van der Waals surface area contributed by atoms with Crippen molar-refractivity contribution in [2.45, 2.75) is 11.8 Å². The molecule has 62 valence electrons. The lowest BCUT2D eigenvalue weighted by molar-refractivity contribution is 1.54. The van der Waals surface area contributed by atoms with Gasteiger partial charge < -0.3 is 0 Å². The van der Waals surface area contributed by atoms with Gasteiger partial charge in [-0.2, -0.15) is 0 Å². The zero-order chi connectivity index (χ0) is 8.72. The van der Waals surface area contributed by atoms with E-state index in [0.717, 1.165) is 9.37 Å². The maximum Gasteiger partial charge on any atom is 0.0490 e. The molecule has 0 atom stereocenters. The summed E-state index contributed by atoms with van der Waals surface area (Å²) in [6, 6.07) is 4.07. The number of halogens is 1. The normalized spacial score (nSPS) is 10.9. The van der Waals surface area contributed by atoms with Crippen molar-refractivity contribution in [3.8, 4) is 0 Å². The van der Waals surface area contributed by atoms with Gasteiger partial charge in [0.1, 0.15) is 0 Å². The molecule has 12 heavy (non-hydrogen) atoms. The van der Waals surface area contributed by atoms with Crippen LogP contribution in [0.25, 0.3) is 10.1 Å².